The monoisotopic (exact) mass is 346 g/mol. The number of rotatable bonds is 5. The van der Waals surface area contributed by atoms with E-state index in [1.807, 2.05) is 48.7 Å². The molecular formula is C20H19BN2O3. The number of pyridine rings is 1. The van der Waals surface area contributed by atoms with E-state index in [2.05, 4.69) is 4.98 Å². The smallest absolute Gasteiger partial charge is 0.423 e. The van der Waals surface area contributed by atoms with E-state index in [1.54, 1.807) is 6.20 Å². The van der Waals surface area contributed by atoms with E-state index < -0.39 is 7.12 Å². The van der Waals surface area contributed by atoms with Crippen molar-refractivity contribution in [1.29, 1.82) is 0 Å². The third kappa shape index (κ3) is 3.14. The molecule has 1 aromatic heterocycles. The molecule has 4 rings (SSSR count). The maximum absolute atomic E-state index is 12.9. The lowest BCUT2D eigenvalue weighted by atomic mass is 9.78. The van der Waals surface area contributed by atoms with Crippen LogP contribution in [0.5, 0.6) is 0 Å². The van der Waals surface area contributed by atoms with Gasteiger partial charge in [0.1, 0.15) is 5.78 Å². The molecule has 3 aromatic rings. The summed E-state index contributed by atoms with van der Waals surface area (Å²) in [6.45, 7) is 0.604. The summed E-state index contributed by atoms with van der Waals surface area (Å²) in [6, 6.07) is 13.5. The van der Waals surface area contributed by atoms with Crippen LogP contribution in [0.1, 0.15) is 22.6 Å². The predicted octanol–water partition coefficient (Wildman–Crippen LogP) is 1.31. The van der Waals surface area contributed by atoms with Gasteiger partial charge in [0.15, 0.2) is 0 Å². The van der Waals surface area contributed by atoms with Crippen LogP contribution in [-0.2, 0) is 22.5 Å². The molecule has 5 nitrogen and oxygen atoms in total. The Hall–Kier alpha value is -2.54. The Labute approximate surface area is 152 Å². The second-order valence-corrected chi connectivity index (χ2v) is 6.61. The summed E-state index contributed by atoms with van der Waals surface area (Å²) in [7, 11) is -0.877. The number of nitrogens with zero attached hydrogens (tertiary/aromatic N) is 1. The first-order valence-electron chi connectivity index (χ1n) is 8.63. The van der Waals surface area contributed by atoms with E-state index >= 15 is 0 Å². The normalized spacial score (nSPS) is 14.5. The fraction of sp³-hybridized carbons (Fsp3) is 0.200. The molecule has 3 N–H and O–H groups in total. The fourth-order valence-electron chi connectivity index (χ4n) is 3.49. The SMILES string of the molecule is NCC(C(=O)Cc1ccc2cnccc2c1)c1ccc2c(c1)COB2O. The van der Waals surface area contributed by atoms with Crippen molar-refractivity contribution in [3.8, 4) is 0 Å². The standard InChI is InChI=1S/C20H19BN2O3/c22-10-18(15-3-4-19-17(9-15)12-26-21(19)25)20(24)8-13-1-2-16-11-23-6-5-14(16)7-13/h1-7,9,11,18,25H,8,10,12,22H2. The summed E-state index contributed by atoms with van der Waals surface area (Å²) >= 11 is 0. The number of hydrogen-bond acceptors (Lipinski definition) is 5. The molecule has 0 radical (unpaired) electrons. The number of nitrogens with two attached hydrogens (primary N) is 1. The van der Waals surface area contributed by atoms with Crippen LogP contribution in [0.2, 0.25) is 0 Å². The summed E-state index contributed by atoms with van der Waals surface area (Å²) in [5.74, 6) is -0.286. The highest BCUT2D eigenvalue weighted by Gasteiger charge is 2.29. The van der Waals surface area contributed by atoms with Crippen LogP contribution in [0, 0.1) is 0 Å². The Balaban J connectivity index is 1.57. The topological polar surface area (TPSA) is 85.4 Å². The number of carbonyl (C=O) groups excluding carboxylic acids is 1. The van der Waals surface area contributed by atoms with Gasteiger partial charge in [0.05, 0.1) is 12.5 Å². The second kappa shape index (κ2) is 7.00. The van der Waals surface area contributed by atoms with E-state index in [9.17, 15) is 9.82 Å². The number of hydrogen-bond donors (Lipinski definition) is 2. The van der Waals surface area contributed by atoms with Gasteiger partial charge in [-0.3, -0.25) is 9.78 Å². The Morgan fingerprint density at radius 1 is 1.23 bits per heavy atom. The number of ketones is 1. The van der Waals surface area contributed by atoms with Gasteiger partial charge in [-0.1, -0.05) is 36.4 Å². The Morgan fingerprint density at radius 2 is 2.12 bits per heavy atom. The van der Waals surface area contributed by atoms with Gasteiger partial charge < -0.3 is 15.4 Å². The van der Waals surface area contributed by atoms with Gasteiger partial charge in [-0.05, 0) is 33.6 Å². The summed E-state index contributed by atoms with van der Waals surface area (Å²) in [5.41, 5.74) is 9.43. The molecule has 1 aliphatic rings. The minimum atomic E-state index is -0.877. The summed E-state index contributed by atoms with van der Waals surface area (Å²) in [6.07, 6.45) is 3.89. The zero-order valence-corrected chi connectivity index (χ0v) is 14.3. The summed E-state index contributed by atoms with van der Waals surface area (Å²) in [5, 5.41) is 11.9. The van der Waals surface area contributed by atoms with Crippen LogP contribution < -0.4 is 11.2 Å². The van der Waals surface area contributed by atoms with E-state index in [0.717, 1.165) is 32.9 Å². The average Bonchev–Trinajstić information content (AvgIpc) is 3.03. The molecule has 0 bridgehead atoms. The van der Waals surface area contributed by atoms with Crippen LogP contribution in [0.25, 0.3) is 10.8 Å². The molecule has 1 aliphatic heterocycles. The Morgan fingerprint density at radius 3 is 2.96 bits per heavy atom. The first kappa shape index (κ1) is 16.9. The first-order chi connectivity index (χ1) is 12.7. The van der Waals surface area contributed by atoms with Crippen molar-refractivity contribution in [1.82, 2.24) is 4.98 Å². The average molecular weight is 346 g/mol. The lowest BCUT2D eigenvalue weighted by Crippen LogP contribution is -2.29. The van der Waals surface area contributed by atoms with Gasteiger partial charge in [0, 0.05) is 30.7 Å². The molecule has 1 unspecified atom stereocenters. The molecular weight excluding hydrogens is 327 g/mol. The first-order valence-corrected chi connectivity index (χ1v) is 8.63. The number of Topliss-reactive ketones (excluding diaryl/α,β-unsaturated/α-hetero) is 1. The third-order valence-electron chi connectivity index (χ3n) is 4.94. The molecule has 0 amide bonds. The molecule has 0 saturated heterocycles. The molecule has 26 heavy (non-hydrogen) atoms. The van der Waals surface area contributed by atoms with Crippen LogP contribution in [0.3, 0.4) is 0 Å². The van der Waals surface area contributed by atoms with E-state index in [-0.39, 0.29) is 18.2 Å². The predicted molar refractivity (Wildman–Crippen MR) is 101 cm³/mol. The molecule has 2 heterocycles. The van der Waals surface area contributed by atoms with Gasteiger partial charge in [-0.25, -0.2) is 0 Å². The molecule has 0 saturated carbocycles. The fourth-order valence-corrected chi connectivity index (χ4v) is 3.49. The zero-order valence-electron chi connectivity index (χ0n) is 14.3. The van der Waals surface area contributed by atoms with Crippen molar-refractivity contribution in [2.24, 2.45) is 5.73 Å². The van der Waals surface area contributed by atoms with E-state index in [1.165, 1.54) is 0 Å². The highest BCUT2D eigenvalue weighted by molar-refractivity contribution is 6.61. The second-order valence-electron chi connectivity index (χ2n) is 6.61. The van der Waals surface area contributed by atoms with Gasteiger partial charge in [0.2, 0.25) is 0 Å². The zero-order chi connectivity index (χ0) is 18.1. The van der Waals surface area contributed by atoms with Crippen LogP contribution in [0.4, 0.5) is 0 Å². The molecule has 130 valence electrons. The van der Waals surface area contributed by atoms with E-state index in [4.69, 9.17) is 10.4 Å². The van der Waals surface area contributed by atoms with Crippen molar-refractivity contribution in [3.63, 3.8) is 0 Å². The number of carbonyl (C=O) groups is 1. The van der Waals surface area contributed by atoms with Gasteiger partial charge in [-0.15, -0.1) is 0 Å². The van der Waals surface area contributed by atoms with Gasteiger partial charge in [0.25, 0.3) is 0 Å². The quantitative estimate of drug-likeness (QED) is 0.681. The molecule has 2 aromatic carbocycles. The largest absolute Gasteiger partial charge is 0.491 e. The summed E-state index contributed by atoms with van der Waals surface area (Å²) in [4.78, 5) is 17.0. The molecule has 6 heteroatoms. The lowest BCUT2D eigenvalue weighted by Gasteiger charge is -2.15. The highest BCUT2D eigenvalue weighted by atomic mass is 16.5. The highest BCUT2D eigenvalue weighted by Crippen LogP contribution is 2.22. The third-order valence-corrected chi connectivity index (χ3v) is 4.94. The van der Waals surface area contributed by atoms with Crippen molar-refractivity contribution >= 4 is 29.1 Å². The van der Waals surface area contributed by atoms with Crippen molar-refractivity contribution in [2.45, 2.75) is 18.9 Å². The molecule has 1 atom stereocenters. The van der Waals surface area contributed by atoms with E-state index in [0.29, 0.717) is 13.0 Å². The van der Waals surface area contributed by atoms with Gasteiger partial charge in [-0.2, -0.15) is 0 Å². The summed E-state index contributed by atoms with van der Waals surface area (Å²) < 4.78 is 5.22. The van der Waals surface area contributed by atoms with Gasteiger partial charge >= 0.3 is 7.12 Å². The minimum absolute atomic E-state index is 0.0836. The van der Waals surface area contributed by atoms with Crippen LogP contribution in [0.15, 0.2) is 54.9 Å². The lowest BCUT2D eigenvalue weighted by molar-refractivity contribution is -0.119. The Bertz CT molecular complexity index is 976. The number of benzene rings is 2. The van der Waals surface area contributed by atoms with Crippen molar-refractivity contribution < 1.29 is 14.5 Å². The minimum Gasteiger partial charge on any atom is -0.423 e. The molecule has 0 spiro atoms. The number of aromatic nitrogens is 1. The molecule has 0 fully saturated rings. The molecule has 0 aliphatic carbocycles. The maximum Gasteiger partial charge on any atom is 0.491 e. The Kier molecular flexibility index (Phi) is 4.55. The number of fused-ring (bicyclic) bond motifs is 2. The van der Waals surface area contributed by atoms with Crippen molar-refractivity contribution in [3.05, 3.63) is 71.5 Å². The van der Waals surface area contributed by atoms with Crippen molar-refractivity contribution in [2.75, 3.05) is 6.54 Å². The van der Waals surface area contributed by atoms with Crippen LogP contribution >= 0.6 is 0 Å². The van der Waals surface area contributed by atoms with Crippen LogP contribution in [-0.4, -0.2) is 29.5 Å². The maximum atomic E-state index is 12.9.